The standard InChI is InChI=1S/C14H22N4O7/c15-6-11(20)18-5-1-2-9(18)13(23)16-7-10(19)17-8(14(24)25)3-4-12(21)22/h8-9H,1-7,15H2,(H,16,23)(H,17,19)(H,21,22)(H,24,25). The Bertz CT molecular complexity index is 551. The Kier molecular flexibility index (Phi) is 7.79. The molecule has 1 saturated heterocycles. The molecule has 0 radical (unpaired) electrons. The summed E-state index contributed by atoms with van der Waals surface area (Å²) in [5, 5.41) is 22.0. The number of amides is 3. The number of hydrogen-bond acceptors (Lipinski definition) is 6. The van der Waals surface area contributed by atoms with Gasteiger partial charge in [-0.2, -0.15) is 0 Å². The minimum Gasteiger partial charge on any atom is -0.481 e. The fraction of sp³-hybridized carbons (Fsp3) is 0.643. The highest BCUT2D eigenvalue weighted by Crippen LogP contribution is 2.17. The van der Waals surface area contributed by atoms with Crippen molar-refractivity contribution < 1.29 is 34.2 Å². The molecule has 1 aliphatic heterocycles. The van der Waals surface area contributed by atoms with Crippen molar-refractivity contribution in [3.8, 4) is 0 Å². The Hall–Kier alpha value is -2.69. The molecule has 3 amide bonds. The van der Waals surface area contributed by atoms with E-state index in [1.54, 1.807) is 0 Å². The number of carboxylic acids is 2. The minimum absolute atomic E-state index is 0.214. The monoisotopic (exact) mass is 358 g/mol. The number of nitrogens with two attached hydrogens (primary N) is 1. The summed E-state index contributed by atoms with van der Waals surface area (Å²) in [7, 11) is 0. The normalized spacial score (nSPS) is 17.6. The summed E-state index contributed by atoms with van der Waals surface area (Å²) in [6.45, 7) is -0.276. The van der Waals surface area contributed by atoms with Crippen molar-refractivity contribution in [2.24, 2.45) is 5.73 Å². The highest BCUT2D eigenvalue weighted by Gasteiger charge is 2.33. The molecule has 0 aliphatic carbocycles. The van der Waals surface area contributed by atoms with Crippen LogP contribution in [0.5, 0.6) is 0 Å². The number of nitrogens with one attached hydrogen (secondary N) is 2. The Balaban J connectivity index is 2.48. The maximum absolute atomic E-state index is 12.1. The van der Waals surface area contributed by atoms with Gasteiger partial charge < -0.3 is 31.5 Å². The number of aliphatic carboxylic acids is 2. The fourth-order valence-corrected chi connectivity index (χ4v) is 2.51. The summed E-state index contributed by atoms with van der Waals surface area (Å²) in [4.78, 5) is 58.3. The number of nitrogens with zero attached hydrogens (tertiary/aromatic N) is 1. The second-order valence-corrected chi connectivity index (χ2v) is 5.56. The van der Waals surface area contributed by atoms with Gasteiger partial charge in [0.15, 0.2) is 0 Å². The molecule has 0 aromatic heterocycles. The van der Waals surface area contributed by atoms with Gasteiger partial charge in [-0.25, -0.2) is 4.79 Å². The average Bonchev–Trinajstić information content (AvgIpc) is 3.04. The van der Waals surface area contributed by atoms with E-state index in [1.807, 2.05) is 0 Å². The summed E-state index contributed by atoms with van der Waals surface area (Å²) in [6, 6.07) is -2.06. The van der Waals surface area contributed by atoms with Crippen molar-refractivity contribution in [2.75, 3.05) is 19.6 Å². The molecule has 0 aromatic rings. The maximum atomic E-state index is 12.1. The van der Waals surface area contributed by atoms with Gasteiger partial charge in [-0.05, 0) is 19.3 Å². The van der Waals surface area contributed by atoms with Gasteiger partial charge in [0, 0.05) is 13.0 Å². The van der Waals surface area contributed by atoms with E-state index >= 15 is 0 Å². The molecule has 0 aromatic carbocycles. The third-order valence-corrected chi connectivity index (χ3v) is 3.75. The molecular formula is C14H22N4O7. The van der Waals surface area contributed by atoms with Crippen LogP contribution in [0.3, 0.4) is 0 Å². The van der Waals surface area contributed by atoms with Crippen LogP contribution in [0, 0.1) is 0 Å². The summed E-state index contributed by atoms with van der Waals surface area (Å²) >= 11 is 0. The second-order valence-electron chi connectivity index (χ2n) is 5.56. The third-order valence-electron chi connectivity index (χ3n) is 3.75. The minimum atomic E-state index is -1.36. The Morgan fingerprint density at radius 1 is 1.20 bits per heavy atom. The van der Waals surface area contributed by atoms with Gasteiger partial charge in [0.25, 0.3) is 0 Å². The third kappa shape index (κ3) is 6.37. The van der Waals surface area contributed by atoms with Crippen LogP contribution in [-0.2, 0) is 24.0 Å². The first-order chi connectivity index (χ1) is 11.8. The topological polar surface area (TPSA) is 179 Å². The predicted octanol–water partition coefficient (Wildman–Crippen LogP) is -2.51. The van der Waals surface area contributed by atoms with Crippen molar-refractivity contribution in [1.82, 2.24) is 15.5 Å². The summed E-state index contributed by atoms with van der Waals surface area (Å²) in [5.74, 6) is -4.19. The summed E-state index contributed by atoms with van der Waals surface area (Å²) in [5.41, 5.74) is 5.28. The molecule has 0 spiro atoms. The van der Waals surface area contributed by atoms with Crippen molar-refractivity contribution in [3.05, 3.63) is 0 Å². The molecule has 25 heavy (non-hydrogen) atoms. The number of likely N-dealkylation sites (tertiary alicyclic amines) is 1. The van der Waals surface area contributed by atoms with Crippen LogP contribution < -0.4 is 16.4 Å². The average molecular weight is 358 g/mol. The van der Waals surface area contributed by atoms with E-state index in [9.17, 15) is 24.0 Å². The molecule has 6 N–H and O–H groups in total. The molecule has 0 bridgehead atoms. The van der Waals surface area contributed by atoms with Crippen molar-refractivity contribution >= 4 is 29.7 Å². The van der Waals surface area contributed by atoms with Crippen LogP contribution in [0.15, 0.2) is 0 Å². The van der Waals surface area contributed by atoms with Crippen molar-refractivity contribution in [1.29, 1.82) is 0 Å². The maximum Gasteiger partial charge on any atom is 0.326 e. The van der Waals surface area contributed by atoms with E-state index in [0.29, 0.717) is 19.4 Å². The molecule has 2 unspecified atom stereocenters. The van der Waals surface area contributed by atoms with Gasteiger partial charge in [0.05, 0.1) is 13.1 Å². The Morgan fingerprint density at radius 3 is 2.44 bits per heavy atom. The highest BCUT2D eigenvalue weighted by molar-refractivity contribution is 5.92. The van der Waals surface area contributed by atoms with Crippen LogP contribution in [0.25, 0.3) is 0 Å². The number of carboxylic acid groups (broad SMARTS) is 2. The SMILES string of the molecule is NCC(=O)N1CCCC1C(=O)NCC(=O)NC(CCC(=O)O)C(=O)O. The largest absolute Gasteiger partial charge is 0.481 e. The number of rotatable bonds is 9. The van der Waals surface area contributed by atoms with E-state index in [-0.39, 0.29) is 18.9 Å². The molecule has 0 saturated carbocycles. The van der Waals surface area contributed by atoms with Crippen molar-refractivity contribution in [3.63, 3.8) is 0 Å². The van der Waals surface area contributed by atoms with Crippen LogP contribution >= 0.6 is 0 Å². The summed E-state index contributed by atoms with van der Waals surface area (Å²) < 4.78 is 0. The first-order valence-corrected chi connectivity index (χ1v) is 7.77. The van der Waals surface area contributed by atoms with E-state index in [1.165, 1.54) is 4.90 Å². The molecule has 1 aliphatic rings. The molecule has 140 valence electrons. The predicted molar refractivity (Wildman–Crippen MR) is 83.2 cm³/mol. The molecule has 11 nitrogen and oxygen atoms in total. The van der Waals surface area contributed by atoms with Gasteiger partial charge in [-0.1, -0.05) is 0 Å². The van der Waals surface area contributed by atoms with Gasteiger partial charge in [0.1, 0.15) is 12.1 Å². The lowest BCUT2D eigenvalue weighted by atomic mass is 10.1. The second kappa shape index (κ2) is 9.57. The van der Waals surface area contributed by atoms with Crippen molar-refractivity contribution in [2.45, 2.75) is 37.8 Å². The van der Waals surface area contributed by atoms with E-state index in [0.717, 1.165) is 0 Å². The molecule has 1 fully saturated rings. The molecule has 11 heteroatoms. The molecular weight excluding hydrogens is 336 g/mol. The lowest BCUT2D eigenvalue weighted by Crippen LogP contribution is -2.51. The van der Waals surface area contributed by atoms with Gasteiger partial charge in [-0.3, -0.25) is 19.2 Å². The smallest absolute Gasteiger partial charge is 0.326 e. The molecule has 1 rings (SSSR count). The first kappa shape index (κ1) is 20.4. The zero-order chi connectivity index (χ0) is 19.0. The number of carbonyl (C=O) groups excluding carboxylic acids is 3. The first-order valence-electron chi connectivity index (χ1n) is 7.77. The fourth-order valence-electron chi connectivity index (χ4n) is 2.51. The quantitative estimate of drug-likeness (QED) is 0.300. The van der Waals surface area contributed by atoms with Crippen LogP contribution in [0.2, 0.25) is 0 Å². The van der Waals surface area contributed by atoms with E-state index in [4.69, 9.17) is 15.9 Å². The Labute approximate surface area is 143 Å². The summed E-state index contributed by atoms with van der Waals surface area (Å²) in [6.07, 6.45) is 0.412. The lowest BCUT2D eigenvalue weighted by Gasteiger charge is -2.23. The van der Waals surface area contributed by atoms with Gasteiger partial charge >= 0.3 is 11.9 Å². The Morgan fingerprint density at radius 2 is 1.88 bits per heavy atom. The zero-order valence-electron chi connectivity index (χ0n) is 13.6. The highest BCUT2D eigenvalue weighted by atomic mass is 16.4. The molecule has 1 heterocycles. The van der Waals surface area contributed by atoms with Gasteiger partial charge in [0.2, 0.25) is 17.7 Å². The molecule has 2 atom stereocenters. The van der Waals surface area contributed by atoms with Gasteiger partial charge in [-0.15, -0.1) is 0 Å². The van der Waals surface area contributed by atoms with E-state index in [2.05, 4.69) is 10.6 Å². The van der Waals surface area contributed by atoms with Crippen LogP contribution in [-0.4, -0.2) is 76.5 Å². The van der Waals surface area contributed by atoms with Crippen LogP contribution in [0.4, 0.5) is 0 Å². The van der Waals surface area contributed by atoms with E-state index < -0.39 is 48.8 Å². The lowest BCUT2D eigenvalue weighted by molar-refractivity contribution is -0.143. The number of carbonyl (C=O) groups is 5. The number of hydrogen-bond donors (Lipinski definition) is 5. The zero-order valence-corrected chi connectivity index (χ0v) is 13.6. The van der Waals surface area contributed by atoms with Crippen LogP contribution in [0.1, 0.15) is 25.7 Å².